The van der Waals surface area contributed by atoms with Crippen molar-refractivity contribution < 1.29 is 4.79 Å². The van der Waals surface area contributed by atoms with Crippen LogP contribution in [-0.4, -0.2) is 12.4 Å². The molecule has 0 radical (unpaired) electrons. The third-order valence-electron chi connectivity index (χ3n) is 7.83. The standard InChI is InChI=1S/C38H32OP2/c1-41(32-22-10-4-11-23-32,33-24-12-5-13-25-33)37-29-17-15-27-35(37)38(39)34-26-14-16-28-36(34)40(30-18-6-2-7-19-30)31-20-8-3-9-21-31/h2-29,41H,1H3. The molecule has 0 saturated carbocycles. The first-order chi connectivity index (χ1) is 20.2. The zero-order valence-electron chi connectivity index (χ0n) is 23.0. The molecule has 3 heteroatoms. The molecular weight excluding hydrogens is 534 g/mol. The van der Waals surface area contributed by atoms with E-state index in [9.17, 15) is 4.79 Å². The van der Waals surface area contributed by atoms with Crippen molar-refractivity contribution in [3.63, 3.8) is 0 Å². The molecule has 0 aliphatic heterocycles. The first-order valence-corrected chi connectivity index (χ1v) is 17.8. The van der Waals surface area contributed by atoms with Crippen molar-refractivity contribution in [1.82, 2.24) is 0 Å². The van der Waals surface area contributed by atoms with Crippen LogP contribution in [0.2, 0.25) is 0 Å². The quantitative estimate of drug-likeness (QED) is 0.155. The minimum absolute atomic E-state index is 0.0844. The molecule has 0 aliphatic carbocycles. The SMILES string of the molecule is C[PH](c1ccccc1)(c1ccccc1)c1ccccc1C(=O)c1ccccc1P(c1ccccc1)c1ccccc1. The van der Waals surface area contributed by atoms with Crippen LogP contribution in [0.15, 0.2) is 170 Å². The van der Waals surface area contributed by atoms with Crippen LogP contribution in [0.1, 0.15) is 15.9 Å². The van der Waals surface area contributed by atoms with Gasteiger partial charge in [0.2, 0.25) is 0 Å². The fourth-order valence-corrected chi connectivity index (χ4v) is 12.0. The minimum atomic E-state index is -2.51. The van der Waals surface area contributed by atoms with Crippen LogP contribution in [0.3, 0.4) is 0 Å². The summed E-state index contributed by atoms with van der Waals surface area (Å²) < 4.78 is 0. The Morgan fingerprint density at radius 2 is 0.854 bits per heavy atom. The van der Waals surface area contributed by atoms with Gasteiger partial charge in [-0.1, -0.05) is 0 Å². The van der Waals surface area contributed by atoms with E-state index in [1.165, 1.54) is 21.2 Å². The molecule has 41 heavy (non-hydrogen) atoms. The second kappa shape index (κ2) is 12.2. The first-order valence-electron chi connectivity index (χ1n) is 13.9. The fraction of sp³-hybridized carbons (Fsp3) is 0.0263. The Hall–Kier alpha value is -4.15. The summed E-state index contributed by atoms with van der Waals surface area (Å²) in [5.41, 5.74) is 1.56. The van der Waals surface area contributed by atoms with E-state index in [0.717, 1.165) is 21.7 Å². The second-order valence-electron chi connectivity index (χ2n) is 10.3. The van der Waals surface area contributed by atoms with Crippen LogP contribution in [0.4, 0.5) is 0 Å². The maximum absolute atomic E-state index is 14.8. The molecule has 0 aliphatic rings. The predicted molar refractivity (Wildman–Crippen MR) is 181 cm³/mol. The number of rotatable bonds is 8. The molecule has 0 atom stereocenters. The van der Waals surface area contributed by atoms with Crippen molar-refractivity contribution in [3.05, 3.63) is 181 Å². The van der Waals surface area contributed by atoms with Crippen molar-refractivity contribution in [3.8, 4) is 0 Å². The fourth-order valence-electron chi connectivity index (χ4n) is 5.72. The molecule has 0 fully saturated rings. The van der Waals surface area contributed by atoms with Gasteiger partial charge in [0.05, 0.1) is 0 Å². The summed E-state index contributed by atoms with van der Waals surface area (Å²) in [5, 5.41) is 7.26. The van der Waals surface area contributed by atoms with Crippen LogP contribution in [0.5, 0.6) is 0 Å². The Morgan fingerprint density at radius 1 is 0.463 bits per heavy atom. The molecule has 0 bridgehead atoms. The summed E-state index contributed by atoms with van der Waals surface area (Å²) in [7, 11) is -3.43. The van der Waals surface area contributed by atoms with Crippen LogP contribution >= 0.6 is 15.2 Å². The summed E-state index contributed by atoms with van der Waals surface area (Å²) in [6, 6.07) is 59.1. The molecule has 0 spiro atoms. The summed E-state index contributed by atoms with van der Waals surface area (Å²) in [6.07, 6.45) is 0. The Balaban J connectivity index is 1.54. The van der Waals surface area contributed by atoms with Gasteiger partial charge in [-0.2, -0.15) is 0 Å². The summed E-state index contributed by atoms with van der Waals surface area (Å²) in [4.78, 5) is 14.8. The molecular formula is C38H32OP2. The van der Waals surface area contributed by atoms with Crippen LogP contribution in [0, 0.1) is 0 Å². The van der Waals surface area contributed by atoms with E-state index in [2.05, 4.69) is 140 Å². The Morgan fingerprint density at radius 3 is 1.37 bits per heavy atom. The average molecular weight is 567 g/mol. The summed E-state index contributed by atoms with van der Waals surface area (Å²) >= 11 is 0. The number of ketones is 1. The third-order valence-corrected chi connectivity index (χ3v) is 14.8. The van der Waals surface area contributed by atoms with E-state index in [0.29, 0.717) is 0 Å². The zero-order valence-corrected chi connectivity index (χ0v) is 24.9. The summed E-state index contributed by atoms with van der Waals surface area (Å²) in [6.45, 7) is 2.37. The van der Waals surface area contributed by atoms with Gasteiger partial charge in [-0.05, 0) is 0 Å². The van der Waals surface area contributed by atoms with E-state index >= 15 is 0 Å². The van der Waals surface area contributed by atoms with Crippen molar-refractivity contribution >= 4 is 52.8 Å². The zero-order chi connectivity index (χ0) is 28.1. The van der Waals surface area contributed by atoms with Gasteiger partial charge in [-0.15, -0.1) is 0 Å². The number of carbonyl (C=O) groups excluding carboxylic acids is 1. The molecule has 0 aromatic heterocycles. The monoisotopic (exact) mass is 566 g/mol. The normalized spacial score (nSPS) is 11.8. The Bertz CT molecular complexity index is 1670. The predicted octanol–water partition coefficient (Wildman–Crippen LogP) is 6.33. The summed E-state index contributed by atoms with van der Waals surface area (Å²) in [5.74, 6) is 0.0844. The third kappa shape index (κ3) is 5.32. The van der Waals surface area contributed by atoms with Gasteiger partial charge in [-0.3, -0.25) is 0 Å². The molecule has 1 nitrogen and oxygen atoms in total. The van der Waals surface area contributed by atoms with E-state index in [1.54, 1.807) is 0 Å². The molecule has 6 rings (SSSR count). The van der Waals surface area contributed by atoms with Gasteiger partial charge in [0.25, 0.3) is 0 Å². The van der Waals surface area contributed by atoms with Gasteiger partial charge in [-0.25, -0.2) is 0 Å². The molecule has 0 unspecified atom stereocenters. The molecule has 0 N–H and O–H groups in total. The number of benzene rings is 6. The first kappa shape index (κ1) is 27.0. The van der Waals surface area contributed by atoms with Crippen molar-refractivity contribution in [2.75, 3.05) is 6.66 Å². The molecule has 200 valence electrons. The number of hydrogen-bond acceptors (Lipinski definition) is 1. The van der Waals surface area contributed by atoms with Crippen LogP contribution in [0.25, 0.3) is 0 Å². The van der Waals surface area contributed by atoms with E-state index < -0.39 is 15.2 Å². The number of carbonyl (C=O) groups is 1. The van der Waals surface area contributed by atoms with Crippen LogP contribution < -0.4 is 31.8 Å². The van der Waals surface area contributed by atoms with Gasteiger partial charge >= 0.3 is 245 Å². The van der Waals surface area contributed by atoms with Gasteiger partial charge in [0, 0.05) is 0 Å². The van der Waals surface area contributed by atoms with Gasteiger partial charge in [0.1, 0.15) is 0 Å². The average Bonchev–Trinajstić information content (AvgIpc) is 3.06. The molecule has 6 aromatic carbocycles. The molecule has 0 heterocycles. The Labute approximate surface area is 244 Å². The second-order valence-corrected chi connectivity index (χ2v) is 16.4. The molecule has 0 amide bonds. The van der Waals surface area contributed by atoms with Gasteiger partial charge < -0.3 is 0 Å². The topological polar surface area (TPSA) is 17.1 Å². The van der Waals surface area contributed by atoms with E-state index in [4.69, 9.17) is 0 Å². The van der Waals surface area contributed by atoms with Crippen molar-refractivity contribution in [2.45, 2.75) is 0 Å². The van der Waals surface area contributed by atoms with Gasteiger partial charge in [0.15, 0.2) is 0 Å². The van der Waals surface area contributed by atoms with Crippen LogP contribution in [-0.2, 0) is 0 Å². The van der Waals surface area contributed by atoms with Crippen molar-refractivity contribution in [1.29, 1.82) is 0 Å². The number of hydrogen-bond donors (Lipinski definition) is 0. The Kier molecular flexibility index (Phi) is 8.02. The molecule has 0 saturated heterocycles. The van der Waals surface area contributed by atoms with E-state index in [1.807, 2.05) is 36.4 Å². The maximum atomic E-state index is 14.8. The van der Waals surface area contributed by atoms with Crippen molar-refractivity contribution in [2.24, 2.45) is 0 Å². The van der Waals surface area contributed by atoms with E-state index in [-0.39, 0.29) is 5.78 Å². The molecule has 6 aromatic rings.